The van der Waals surface area contributed by atoms with Gasteiger partial charge in [0.1, 0.15) is 0 Å². The van der Waals surface area contributed by atoms with Crippen LogP contribution in [-0.4, -0.2) is 28.5 Å². The summed E-state index contributed by atoms with van der Waals surface area (Å²) < 4.78 is 52.2. The number of amides is 1. The first kappa shape index (κ1) is 19.8. The van der Waals surface area contributed by atoms with Crippen molar-refractivity contribution < 1.29 is 21.6 Å². The second kappa shape index (κ2) is 7.23. The number of anilines is 1. The van der Waals surface area contributed by atoms with Crippen molar-refractivity contribution >= 4 is 43.2 Å². The summed E-state index contributed by atoms with van der Waals surface area (Å²) in [6.07, 6.45) is 0. The zero-order valence-electron chi connectivity index (χ0n) is 14.3. The Morgan fingerprint density at radius 3 is 2.22 bits per heavy atom. The van der Waals surface area contributed by atoms with E-state index >= 15 is 0 Å². The minimum Gasteiger partial charge on any atom is -0.273 e. The third-order valence-electron chi connectivity index (χ3n) is 4.12. The van der Waals surface area contributed by atoms with Crippen LogP contribution in [0.2, 0.25) is 5.02 Å². The maximum Gasteiger partial charge on any atom is 0.244 e. The number of sulfonamides is 2. The van der Waals surface area contributed by atoms with Crippen LogP contribution in [0.1, 0.15) is 12.5 Å². The highest BCUT2D eigenvalue weighted by molar-refractivity contribution is 7.94. The maximum atomic E-state index is 12.4. The third kappa shape index (κ3) is 4.16. The van der Waals surface area contributed by atoms with Gasteiger partial charge in [-0.3, -0.25) is 4.79 Å². The molecular weight excluding hydrogens is 412 g/mol. The van der Waals surface area contributed by atoms with Crippen LogP contribution >= 0.6 is 11.6 Å². The van der Waals surface area contributed by atoms with Crippen molar-refractivity contribution in [2.45, 2.75) is 18.4 Å². The predicted molar refractivity (Wildman–Crippen MR) is 102 cm³/mol. The lowest BCUT2D eigenvalue weighted by atomic mass is 10.2. The van der Waals surface area contributed by atoms with E-state index in [0.29, 0.717) is 5.02 Å². The first-order valence-electron chi connectivity index (χ1n) is 8.01. The van der Waals surface area contributed by atoms with Gasteiger partial charge in [0.05, 0.1) is 22.3 Å². The van der Waals surface area contributed by atoms with E-state index in [9.17, 15) is 21.6 Å². The van der Waals surface area contributed by atoms with Crippen LogP contribution in [0.3, 0.4) is 0 Å². The Kier molecular flexibility index (Phi) is 5.31. The van der Waals surface area contributed by atoms with E-state index in [-0.39, 0.29) is 22.9 Å². The number of nitrogens with zero attached hydrogens (tertiary/aromatic N) is 1. The monoisotopic (exact) mass is 428 g/mol. The Bertz CT molecular complexity index is 1070. The van der Waals surface area contributed by atoms with Crippen molar-refractivity contribution in [3.63, 3.8) is 0 Å². The number of hydrogen-bond donors (Lipinski definition) is 1. The molecule has 0 aliphatic carbocycles. The Labute approximate surface area is 163 Å². The molecule has 1 heterocycles. The lowest BCUT2D eigenvalue weighted by Crippen LogP contribution is -2.30. The molecule has 2 aromatic carbocycles. The van der Waals surface area contributed by atoms with Gasteiger partial charge in [-0.2, -0.15) is 0 Å². The molecule has 2 aromatic rings. The number of halogens is 1. The van der Waals surface area contributed by atoms with Crippen LogP contribution < -0.4 is 9.03 Å². The molecule has 1 fully saturated rings. The van der Waals surface area contributed by atoms with E-state index < -0.39 is 31.9 Å². The Balaban J connectivity index is 1.78. The molecule has 7 nitrogen and oxygen atoms in total. The van der Waals surface area contributed by atoms with Crippen LogP contribution in [0.5, 0.6) is 0 Å². The molecule has 10 heteroatoms. The molecule has 27 heavy (non-hydrogen) atoms. The van der Waals surface area contributed by atoms with Crippen LogP contribution in [0.25, 0.3) is 0 Å². The molecule has 0 unspecified atom stereocenters. The quantitative estimate of drug-likeness (QED) is 0.786. The first-order valence-corrected chi connectivity index (χ1v) is 11.5. The van der Waals surface area contributed by atoms with Gasteiger partial charge in [-0.05, 0) is 42.0 Å². The number of benzene rings is 2. The van der Waals surface area contributed by atoms with Crippen molar-refractivity contribution in [2.24, 2.45) is 5.92 Å². The molecule has 0 spiro atoms. The van der Waals surface area contributed by atoms with Crippen molar-refractivity contribution in [3.8, 4) is 0 Å². The van der Waals surface area contributed by atoms with Gasteiger partial charge < -0.3 is 0 Å². The van der Waals surface area contributed by atoms with Crippen LogP contribution in [0, 0.1) is 5.92 Å². The minimum atomic E-state index is -3.80. The molecule has 0 saturated carbocycles. The van der Waals surface area contributed by atoms with Gasteiger partial charge in [-0.25, -0.2) is 25.9 Å². The maximum absolute atomic E-state index is 12.4. The van der Waals surface area contributed by atoms with E-state index in [1.807, 2.05) is 0 Å². The smallest absolute Gasteiger partial charge is 0.244 e. The van der Waals surface area contributed by atoms with Gasteiger partial charge in [-0.1, -0.05) is 30.7 Å². The molecule has 0 bridgehead atoms. The molecule has 0 aromatic heterocycles. The zero-order valence-corrected chi connectivity index (χ0v) is 16.7. The fraction of sp³-hybridized carbons (Fsp3) is 0.235. The van der Waals surface area contributed by atoms with Gasteiger partial charge in [0.25, 0.3) is 0 Å². The third-order valence-corrected chi connectivity index (χ3v) is 7.66. The molecule has 1 aliphatic rings. The highest BCUT2D eigenvalue weighted by atomic mass is 35.5. The molecule has 1 atom stereocenters. The van der Waals surface area contributed by atoms with E-state index in [2.05, 4.69) is 4.72 Å². The summed E-state index contributed by atoms with van der Waals surface area (Å²) in [5, 5.41) is 0.554. The average molecular weight is 429 g/mol. The summed E-state index contributed by atoms with van der Waals surface area (Å²) in [7, 11) is -7.53. The standard InChI is InChI=1S/C17H17ClN2O5S2/c1-12-11-26(22,23)20(17(12)21)15-6-8-16(9-7-15)27(24,25)19-10-13-2-4-14(18)5-3-13/h2-9,12,19H,10-11H2,1H3/t12-/m0/s1. The highest BCUT2D eigenvalue weighted by Crippen LogP contribution is 2.29. The molecule has 3 rings (SSSR count). The van der Waals surface area contributed by atoms with Crippen LogP contribution in [0.15, 0.2) is 53.4 Å². The summed E-state index contributed by atoms with van der Waals surface area (Å²) in [5.41, 5.74) is 0.864. The predicted octanol–water partition coefficient (Wildman–Crippen LogP) is 2.13. The number of rotatable bonds is 5. The Morgan fingerprint density at radius 2 is 1.70 bits per heavy atom. The van der Waals surface area contributed by atoms with Crippen LogP contribution in [-0.2, 0) is 31.4 Å². The highest BCUT2D eigenvalue weighted by Gasteiger charge is 2.41. The minimum absolute atomic E-state index is 0.0303. The molecule has 1 N–H and O–H groups in total. The second-order valence-corrected chi connectivity index (χ2v) is 10.3. The Morgan fingerprint density at radius 1 is 1.11 bits per heavy atom. The summed E-state index contributed by atoms with van der Waals surface area (Å²) in [4.78, 5) is 12.1. The molecule has 0 radical (unpaired) electrons. The summed E-state index contributed by atoms with van der Waals surface area (Å²) in [6.45, 7) is 1.62. The number of nitrogens with one attached hydrogen (secondary N) is 1. The van der Waals surface area contributed by atoms with Gasteiger partial charge >= 0.3 is 0 Å². The van der Waals surface area contributed by atoms with Crippen molar-refractivity contribution in [2.75, 3.05) is 10.1 Å². The van der Waals surface area contributed by atoms with Gasteiger partial charge in [0, 0.05) is 11.6 Å². The molecule has 1 aliphatic heterocycles. The van der Waals surface area contributed by atoms with Crippen molar-refractivity contribution in [1.82, 2.24) is 4.72 Å². The summed E-state index contributed by atoms with van der Waals surface area (Å²) >= 11 is 5.80. The molecular formula is C17H17ClN2O5S2. The lowest BCUT2D eigenvalue weighted by molar-refractivity contribution is -0.119. The molecule has 1 amide bonds. The number of carbonyl (C=O) groups excluding carboxylic acids is 1. The van der Waals surface area contributed by atoms with E-state index in [0.717, 1.165) is 9.87 Å². The molecule has 1 saturated heterocycles. The Hall–Kier alpha value is -1.94. The topological polar surface area (TPSA) is 101 Å². The number of carbonyl (C=O) groups is 1. The first-order chi connectivity index (χ1) is 12.6. The SMILES string of the molecule is C[C@H]1CS(=O)(=O)N(c2ccc(S(=O)(=O)NCc3ccc(Cl)cc3)cc2)C1=O. The molecule has 144 valence electrons. The normalized spacial score (nSPS) is 19.4. The summed E-state index contributed by atoms with van der Waals surface area (Å²) in [6, 6.07) is 11.9. The largest absolute Gasteiger partial charge is 0.273 e. The van der Waals surface area contributed by atoms with E-state index in [1.54, 1.807) is 31.2 Å². The van der Waals surface area contributed by atoms with E-state index in [4.69, 9.17) is 11.6 Å². The summed E-state index contributed by atoms with van der Waals surface area (Å²) in [5.74, 6) is -1.40. The fourth-order valence-corrected chi connectivity index (χ4v) is 5.68. The van der Waals surface area contributed by atoms with Crippen molar-refractivity contribution in [3.05, 3.63) is 59.1 Å². The van der Waals surface area contributed by atoms with E-state index in [1.165, 1.54) is 24.3 Å². The van der Waals surface area contributed by atoms with Gasteiger partial charge in [0.15, 0.2) is 0 Å². The second-order valence-electron chi connectivity index (χ2n) is 6.23. The van der Waals surface area contributed by atoms with Crippen LogP contribution in [0.4, 0.5) is 5.69 Å². The van der Waals surface area contributed by atoms with Crippen molar-refractivity contribution in [1.29, 1.82) is 0 Å². The zero-order chi connectivity index (χ0) is 19.8. The van der Waals surface area contributed by atoms with Gasteiger partial charge in [0.2, 0.25) is 26.0 Å². The fourth-order valence-electron chi connectivity index (χ4n) is 2.71. The lowest BCUT2D eigenvalue weighted by Gasteiger charge is -2.15. The van der Waals surface area contributed by atoms with Gasteiger partial charge in [-0.15, -0.1) is 0 Å². The number of hydrogen-bond acceptors (Lipinski definition) is 5. The average Bonchev–Trinajstić information content (AvgIpc) is 2.82.